The monoisotopic (exact) mass is 265 g/mol. The Morgan fingerprint density at radius 2 is 2.33 bits per heavy atom. The fourth-order valence-electron chi connectivity index (χ4n) is 2.25. The minimum Gasteiger partial charge on any atom is -0.478 e. The van der Waals surface area contributed by atoms with Gasteiger partial charge in [0.2, 0.25) is 0 Å². The molecule has 1 fully saturated rings. The van der Waals surface area contributed by atoms with E-state index in [1.165, 1.54) is 18.6 Å². The molecule has 2 N–H and O–H groups in total. The second-order valence-electron chi connectivity index (χ2n) is 5.09. The van der Waals surface area contributed by atoms with E-state index in [2.05, 4.69) is 12.2 Å². The van der Waals surface area contributed by atoms with Crippen LogP contribution >= 0.6 is 11.8 Å². The number of thioether (sulfide) groups is 1. The summed E-state index contributed by atoms with van der Waals surface area (Å²) in [6.45, 7) is 5.17. The molecule has 0 spiro atoms. The van der Waals surface area contributed by atoms with E-state index in [9.17, 15) is 4.79 Å². The van der Waals surface area contributed by atoms with E-state index in [-0.39, 0.29) is 0 Å². The predicted octanol–water partition coefficient (Wildman–Crippen LogP) is 3.39. The number of carboxylic acids is 1. The van der Waals surface area contributed by atoms with Gasteiger partial charge in [-0.2, -0.15) is 11.8 Å². The SMILES string of the molecule is Cc1cc(C(=O)O)ccc1NCC1(C)CCCS1. The summed E-state index contributed by atoms with van der Waals surface area (Å²) < 4.78 is 0.317. The number of carboxylic acid groups (broad SMARTS) is 1. The van der Waals surface area contributed by atoms with Crippen molar-refractivity contribution in [3.8, 4) is 0 Å². The van der Waals surface area contributed by atoms with Gasteiger partial charge in [-0.1, -0.05) is 0 Å². The summed E-state index contributed by atoms with van der Waals surface area (Å²) >= 11 is 2.02. The summed E-state index contributed by atoms with van der Waals surface area (Å²) in [5.41, 5.74) is 2.37. The number of hydrogen-bond donors (Lipinski definition) is 2. The maximum atomic E-state index is 10.9. The van der Waals surface area contributed by atoms with Gasteiger partial charge in [-0.25, -0.2) is 4.79 Å². The quantitative estimate of drug-likeness (QED) is 0.876. The van der Waals surface area contributed by atoms with Crippen LogP contribution in [-0.4, -0.2) is 28.1 Å². The van der Waals surface area contributed by atoms with Crippen molar-refractivity contribution in [3.63, 3.8) is 0 Å². The third kappa shape index (κ3) is 2.99. The van der Waals surface area contributed by atoms with Gasteiger partial charge in [0.25, 0.3) is 0 Å². The number of carbonyl (C=O) groups is 1. The first-order chi connectivity index (χ1) is 8.50. The van der Waals surface area contributed by atoms with E-state index in [0.29, 0.717) is 10.3 Å². The highest BCUT2D eigenvalue weighted by atomic mass is 32.2. The zero-order valence-corrected chi connectivity index (χ0v) is 11.6. The van der Waals surface area contributed by atoms with Crippen LogP contribution in [0, 0.1) is 6.92 Å². The Kier molecular flexibility index (Phi) is 3.85. The van der Waals surface area contributed by atoms with Gasteiger partial charge in [0.05, 0.1) is 5.56 Å². The summed E-state index contributed by atoms with van der Waals surface area (Å²) in [5, 5.41) is 12.4. The highest BCUT2D eigenvalue weighted by Gasteiger charge is 2.29. The lowest BCUT2D eigenvalue weighted by molar-refractivity contribution is 0.0697. The van der Waals surface area contributed by atoms with E-state index in [1.807, 2.05) is 24.8 Å². The first-order valence-corrected chi connectivity index (χ1v) is 7.20. The van der Waals surface area contributed by atoms with Gasteiger partial charge in [0.1, 0.15) is 0 Å². The van der Waals surface area contributed by atoms with Crippen molar-refractivity contribution < 1.29 is 9.90 Å². The smallest absolute Gasteiger partial charge is 0.335 e. The maximum absolute atomic E-state index is 10.9. The lowest BCUT2D eigenvalue weighted by atomic mass is 10.0. The van der Waals surface area contributed by atoms with Crippen LogP contribution in [0.2, 0.25) is 0 Å². The van der Waals surface area contributed by atoms with E-state index in [0.717, 1.165) is 17.8 Å². The van der Waals surface area contributed by atoms with Gasteiger partial charge < -0.3 is 10.4 Å². The molecule has 1 aromatic rings. The molecule has 0 aromatic heterocycles. The molecule has 1 saturated heterocycles. The molecule has 1 aromatic carbocycles. The molecule has 2 rings (SSSR count). The Morgan fingerprint density at radius 1 is 1.56 bits per heavy atom. The second kappa shape index (κ2) is 5.22. The Hall–Kier alpha value is -1.16. The molecular weight excluding hydrogens is 246 g/mol. The van der Waals surface area contributed by atoms with Crippen LogP contribution in [0.1, 0.15) is 35.7 Å². The van der Waals surface area contributed by atoms with Gasteiger partial charge >= 0.3 is 5.97 Å². The highest BCUT2D eigenvalue weighted by molar-refractivity contribution is 8.00. The van der Waals surface area contributed by atoms with Gasteiger partial charge in [0.15, 0.2) is 0 Å². The van der Waals surface area contributed by atoms with E-state index >= 15 is 0 Å². The zero-order valence-electron chi connectivity index (χ0n) is 10.8. The van der Waals surface area contributed by atoms with Crippen molar-refractivity contribution in [1.82, 2.24) is 0 Å². The lowest BCUT2D eigenvalue weighted by Gasteiger charge is -2.24. The molecule has 98 valence electrons. The summed E-state index contributed by atoms with van der Waals surface area (Å²) in [5.74, 6) is 0.373. The number of rotatable bonds is 4. The normalized spacial score (nSPS) is 23.0. The summed E-state index contributed by atoms with van der Waals surface area (Å²) in [6, 6.07) is 5.23. The molecular formula is C14H19NO2S. The summed E-state index contributed by atoms with van der Waals surface area (Å²) in [4.78, 5) is 10.9. The number of benzene rings is 1. The number of nitrogens with one attached hydrogen (secondary N) is 1. The standard InChI is InChI=1S/C14H19NO2S/c1-10-8-11(13(16)17)4-5-12(10)15-9-14(2)6-3-7-18-14/h4-5,8,15H,3,6-7,9H2,1-2H3,(H,16,17). The fourth-order valence-corrected chi connectivity index (χ4v) is 3.50. The molecule has 1 atom stereocenters. The molecule has 18 heavy (non-hydrogen) atoms. The number of hydrogen-bond acceptors (Lipinski definition) is 3. The molecule has 1 heterocycles. The van der Waals surface area contributed by atoms with Crippen LogP contribution in [0.4, 0.5) is 5.69 Å². The summed E-state index contributed by atoms with van der Waals surface area (Å²) in [7, 11) is 0. The Balaban J connectivity index is 2.03. The van der Waals surface area contributed by atoms with Crippen LogP contribution in [-0.2, 0) is 0 Å². The second-order valence-corrected chi connectivity index (χ2v) is 6.77. The summed E-state index contributed by atoms with van der Waals surface area (Å²) in [6.07, 6.45) is 2.54. The van der Waals surface area contributed by atoms with Gasteiger partial charge in [-0.15, -0.1) is 0 Å². The first kappa shape index (κ1) is 13.3. The lowest BCUT2D eigenvalue weighted by Crippen LogP contribution is -2.27. The molecule has 0 bridgehead atoms. The van der Waals surface area contributed by atoms with Crippen LogP contribution in [0.3, 0.4) is 0 Å². The average molecular weight is 265 g/mol. The van der Waals surface area contributed by atoms with Crippen molar-refractivity contribution in [2.75, 3.05) is 17.6 Å². The molecule has 0 aliphatic carbocycles. The number of aryl methyl sites for hydroxylation is 1. The third-order valence-electron chi connectivity index (χ3n) is 3.43. The van der Waals surface area contributed by atoms with Crippen molar-refractivity contribution >= 4 is 23.4 Å². The molecule has 0 amide bonds. The first-order valence-electron chi connectivity index (χ1n) is 6.22. The number of aromatic carboxylic acids is 1. The Morgan fingerprint density at radius 3 is 2.89 bits per heavy atom. The number of anilines is 1. The average Bonchev–Trinajstić information content (AvgIpc) is 2.75. The molecule has 1 unspecified atom stereocenters. The predicted molar refractivity (Wildman–Crippen MR) is 76.7 cm³/mol. The van der Waals surface area contributed by atoms with Crippen molar-refractivity contribution in [2.45, 2.75) is 31.4 Å². The molecule has 1 aliphatic rings. The Bertz CT molecular complexity index is 453. The molecule has 1 aliphatic heterocycles. The minimum atomic E-state index is -0.872. The van der Waals surface area contributed by atoms with Crippen LogP contribution in [0.25, 0.3) is 0 Å². The zero-order chi connectivity index (χ0) is 13.2. The van der Waals surface area contributed by atoms with Crippen molar-refractivity contribution in [3.05, 3.63) is 29.3 Å². The van der Waals surface area contributed by atoms with Crippen LogP contribution in [0.15, 0.2) is 18.2 Å². The minimum absolute atomic E-state index is 0.317. The van der Waals surface area contributed by atoms with Crippen molar-refractivity contribution in [1.29, 1.82) is 0 Å². The van der Waals surface area contributed by atoms with Crippen LogP contribution in [0.5, 0.6) is 0 Å². The molecule has 4 heteroatoms. The molecule has 0 saturated carbocycles. The molecule has 3 nitrogen and oxygen atoms in total. The van der Waals surface area contributed by atoms with Gasteiger partial charge in [0, 0.05) is 17.0 Å². The highest BCUT2D eigenvalue weighted by Crippen LogP contribution is 2.37. The van der Waals surface area contributed by atoms with Crippen LogP contribution < -0.4 is 5.32 Å². The third-order valence-corrected chi connectivity index (χ3v) is 4.96. The molecule has 0 radical (unpaired) electrons. The van der Waals surface area contributed by atoms with Gasteiger partial charge in [-0.3, -0.25) is 0 Å². The maximum Gasteiger partial charge on any atom is 0.335 e. The fraction of sp³-hybridized carbons (Fsp3) is 0.500. The van der Waals surface area contributed by atoms with Crippen molar-refractivity contribution in [2.24, 2.45) is 0 Å². The van der Waals surface area contributed by atoms with E-state index in [4.69, 9.17) is 5.11 Å². The van der Waals surface area contributed by atoms with E-state index < -0.39 is 5.97 Å². The largest absolute Gasteiger partial charge is 0.478 e. The van der Waals surface area contributed by atoms with Gasteiger partial charge in [-0.05, 0) is 56.2 Å². The van der Waals surface area contributed by atoms with E-state index in [1.54, 1.807) is 12.1 Å². The Labute approximate surface area is 112 Å². The topological polar surface area (TPSA) is 49.3 Å².